The van der Waals surface area contributed by atoms with Gasteiger partial charge >= 0.3 is 12.2 Å². The SMILES string of the molecule is COC(=O)N[C@H](C(=O)N1CCC[C@H]1c1ncc(-c2ccc(-c3ccc(-c4cnc([C@@H]5CC6(CN5C(=O)O)OCCCO6)[nH]4)cc3)cc2)[nH]1)C(C)C. The third-order valence-electron chi connectivity index (χ3n) is 10.0. The quantitative estimate of drug-likeness (QED) is 0.179. The van der Waals surface area contributed by atoms with E-state index in [0.717, 1.165) is 58.7 Å². The van der Waals surface area contributed by atoms with E-state index < -0.39 is 30.1 Å². The number of aromatic amines is 2. The number of H-pyrrole nitrogens is 2. The van der Waals surface area contributed by atoms with Gasteiger partial charge < -0.3 is 39.5 Å². The normalized spacial score (nSPS) is 20.5. The van der Waals surface area contributed by atoms with Crippen LogP contribution < -0.4 is 5.32 Å². The summed E-state index contributed by atoms with van der Waals surface area (Å²) in [6, 6.07) is 14.9. The van der Waals surface area contributed by atoms with Crippen molar-refractivity contribution in [3.8, 4) is 33.6 Å². The van der Waals surface area contributed by atoms with E-state index in [1.165, 1.54) is 12.0 Å². The molecule has 7 rings (SSSR count). The Bertz CT molecular complexity index is 1860. The molecule has 0 bridgehead atoms. The number of carbonyl (C=O) groups is 3. The van der Waals surface area contributed by atoms with Crippen molar-refractivity contribution in [2.45, 2.75) is 63.4 Å². The standard InChI is InChI=1S/C37H43N7O7/c1-22(2)31(42-35(46)49-3)34(45)43-15-4-6-29(43)32-38-19-27(40-32)25-11-7-23(8-12-25)24-9-13-26(14-10-24)28-20-39-33(41-28)30-18-37(21-44(30)36(47)48)50-16-5-17-51-37/h7-14,19-20,22,29-31H,4-6,15-18,21H2,1-3H3,(H,38,40)(H,39,41)(H,42,46)(H,47,48)/t29-,30-,31-/m0/s1. The van der Waals surface area contributed by atoms with Crippen molar-refractivity contribution in [1.29, 1.82) is 0 Å². The van der Waals surface area contributed by atoms with E-state index in [-0.39, 0.29) is 24.4 Å². The number of ether oxygens (including phenoxy) is 3. The van der Waals surface area contributed by atoms with Crippen LogP contribution in [0.25, 0.3) is 33.6 Å². The van der Waals surface area contributed by atoms with Crippen molar-refractivity contribution < 1.29 is 33.7 Å². The molecule has 3 amide bonds. The van der Waals surface area contributed by atoms with E-state index in [4.69, 9.17) is 14.2 Å². The second-order valence-electron chi connectivity index (χ2n) is 13.7. The lowest BCUT2D eigenvalue weighted by molar-refractivity contribution is -0.257. The molecule has 3 saturated heterocycles. The van der Waals surface area contributed by atoms with E-state index in [2.05, 4.69) is 37.4 Å². The number of amides is 3. The van der Waals surface area contributed by atoms with Crippen molar-refractivity contribution in [1.82, 2.24) is 35.1 Å². The van der Waals surface area contributed by atoms with Crippen LogP contribution in [0.1, 0.15) is 63.3 Å². The van der Waals surface area contributed by atoms with Gasteiger partial charge in [0.2, 0.25) is 5.91 Å². The van der Waals surface area contributed by atoms with Gasteiger partial charge in [-0.3, -0.25) is 9.69 Å². The van der Waals surface area contributed by atoms with E-state index in [9.17, 15) is 19.5 Å². The number of imidazole rings is 2. The van der Waals surface area contributed by atoms with Crippen LogP contribution in [0.4, 0.5) is 9.59 Å². The van der Waals surface area contributed by atoms with Crippen LogP contribution in [0.15, 0.2) is 60.9 Å². The van der Waals surface area contributed by atoms with Crippen LogP contribution in [0.5, 0.6) is 0 Å². The Morgan fingerprint density at radius 2 is 1.41 bits per heavy atom. The van der Waals surface area contributed by atoms with E-state index >= 15 is 0 Å². The molecule has 0 radical (unpaired) electrons. The lowest BCUT2D eigenvalue weighted by Gasteiger charge is -2.33. The monoisotopic (exact) mass is 697 g/mol. The Balaban J connectivity index is 1.01. The molecule has 2 aromatic carbocycles. The van der Waals surface area contributed by atoms with Crippen molar-refractivity contribution >= 4 is 18.1 Å². The van der Waals surface area contributed by atoms with E-state index in [0.29, 0.717) is 32.0 Å². The summed E-state index contributed by atoms with van der Waals surface area (Å²) in [5.74, 6) is 0.108. The first-order chi connectivity index (χ1) is 24.6. The zero-order valence-electron chi connectivity index (χ0n) is 28.9. The fourth-order valence-corrected chi connectivity index (χ4v) is 7.29. The van der Waals surface area contributed by atoms with Crippen molar-refractivity contribution in [3.05, 3.63) is 72.6 Å². The molecule has 4 N–H and O–H groups in total. The highest BCUT2D eigenvalue weighted by Gasteiger charge is 2.50. The molecule has 14 heteroatoms. The van der Waals surface area contributed by atoms with E-state index in [1.807, 2.05) is 50.2 Å². The van der Waals surface area contributed by atoms with Crippen LogP contribution in [0, 0.1) is 5.92 Å². The second-order valence-corrected chi connectivity index (χ2v) is 13.7. The molecule has 3 atom stereocenters. The minimum Gasteiger partial charge on any atom is -0.465 e. The maximum absolute atomic E-state index is 13.5. The zero-order valence-corrected chi connectivity index (χ0v) is 28.9. The van der Waals surface area contributed by atoms with Gasteiger partial charge in [0.25, 0.3) is 0 Å². The number of likely N-dealkylation sites (tertiary alicyclic amines) is 2. The van der Waals surface area contributed by atoms with Crippen molar-refractivity contribution in [2.24, 2.45) is 5.92 Å². The number of benzene rings is 2. The molecule has 268 valence electrons. The third kappa shape index (κ3) is 6.93. The molecule has 2 aromatic heterocycles. The summed E-state index contributed by atoms with van der Waals surface area (Å²) in [4.78, 5) is 56.6. The lowest BCUT2D eigenvalue weighted by atomic mass is 10.0. The number of carboxylic acid groups (broad SMARTS) is 1. The number of hydrogen-bond acceptors (Lipinski definition) is 8. The molecule has 0 aliphatic carbocycles. The summed E-state index contributed by atoms with van der Waals surface area (Å²) in [6.07, 6.45) is 4.67. The smallest absolute Gasteiger partial charge is 0.408 e. The van der Waals surface area contributed by atoms with Gasteiger partial charge in [0.05, 0.1) is 62.7 Å². The summed E-state index contributed by atoms with van der Waals surface area (Å²) >= 11 is 0. The first-order valence-electron chi connectivity index (χ1n) is 17.4. The highest BCUT2D eigenvalue weighted by molar-refractivity contribution is 5.86. The maximum Gasteiger partial charge on any atom is 0.408 e. The number of nitrogens with one attached hydrogen (secondary N) is 3. The van der Waals surface area contributed by atoms with Gasteiger partial charge in [-0.15, -0.1) is 0 Å². The highest BCUT2D eigenvalue weighted by atomic mass is 16.7. The number of nitrogens with zero attached hydrogens (tertiary/aromatic N) is 4. The molecule has 3 fully saturated rings. The predicted molar refractivity (Wildman–Crippen MR) is 186 cm³/mol. The fraction of sp³-hybridized carbons (Fsp3) is 0.432. The third-order valence-corrected chi connectivity index (χ3v) is 10.0. The molecule has 5 heterocycles. The number of aromatic nitrogens is 4. The van der Waals surface area contributed by atoms with Gasteiger partial charge in [0, 0.05) is 13.0 Å². The van der Waals surface area contributed by atoms with Gasteiger partial charge in [0.15, 0.2) is 5.79 Å². The van der Waals surface area contributed by atoms with E-state index in [1.54, 1.807) is 17.3 Å². The minimum atomic E-state index is -1.03. The average Bonchev–Trinajstić information content (AvgIpc) is 3.97. The number of alkyl carbamates (subject to hydrolysis) is 1. The highest BCUT2D eigenvalue weighted by Crippen LogP contribution is 2.42. The van der Waals surface area contributed by atoms with Gasteiger partial charge in [-0.1, -0.05) is 62.4 Å². The molecule has 1 spiro atoms. The van der Waals surface area contributed by atoms with Gasteiger partial charge in [-0.2, -0.15) is 0 Å². The largest absolute Gasteiger partial charge is 0.465 e. The van der Waals surface area contributed by atoms with Crippen molar-refractivity contribution in [3.63, 3.8) is 0 Å². The topological polar surface area (TPSA) is 175 Å². The van der Waals surface area contributed by atoms with Crippen LogP contribution >= 0.6 is 0 Å². The Hall–Kier alpha value is -5.21. The first-order valence-corrected chi connectivity index (χ1v) is 17.4. The van der Waals surface area contributed by atoms with Crippen LogP contribution in [0.3, 0.4) is 0 Å². The molecule has 0 saturated carbocycles. The molecule has 14 nitrogen and oxygen atoms in total. The van der Waals surface area contributed by atoms with Crippen LogP contribution in [-0.4, -0.2) is 98.2 Å². The number of methoxy groups -OCH3 is 1. The van der Waals surface area contributed by atoms with Gasteiger partial charge in [-0.05, 0) is 47.4 Å². The molecule has 3 aliphatic rings. The molecule has 0 unspecified atom stereocenters. The molecule has 51 heavy (non-hydrogen) atoms. The predicted octanol–water partition coefficient (Wildman–Crippen LogP) is 5.74. The molecule has 3 aliphatic heterocycles. The summed E-state index contributed by atoms with van der Waals surface area (Å²) < 4.78 is 16.5. The summed E-state index contributed by atoms with van der Waals surface area (Å²) in [7, 11) is 1.29. The van der Waals surface area contributed by atoms with Crippen LogP contribution in [-0.2, 0) is 19.0 Å². The molecular formula is C37H43N7O7. The molecule has 4 aromatic rings. The Morgan fingerprint density at radius 3 is 1.94 bits per heavy atom. The van der Waals surface area contributed by atoms with Gasteiger partial charge in [0.1, 0.15) is 17.7 Å². The average molecular weight is 698 g/mol. The first kappa shape index (κ1) is 34.2. The number of hydrogen-bond donors (Lipinski definition) is 4. The zero-order chi connectivity index (χ0) is 35.7. The maximum atomic E-state index is 13.5. The summed E-state index contributed by atoms with van der Waals surface area (Å²) in [5.41, 5.74) is 5.62. The van der Waals surface area contributed by atoms with Crippen molar-refractivity contribution in [2.75, 3.05) is 33.4 Å². The fourth-order valence-electron chi connectivity index (χ4n) is 7.29. The van der Waals surface area contributed by atoms with Crippen LogP contribution in [0.2, 0.25) is 0 Å². The Kier molecular flexibility index (Phi) is 9.53. The molecular weight excluding hydrogens is 654 g/mol. The number of rotatable bonds is 8. The Morgan fingerprint density at radius 1 is 0.863 bits per heavy atom. The lowest BCUT2D eigenvalue weighted by Crippen LogP contribution is -2.51. The summed E-state index contributed by atoms with van der Waals surface area (Å²) in [5, 5.41) is 12.6. The van der Waals surface area contributed by atoms with Gasteiger partial charge in [-0.25, -0.2) is 19.6 Å². The summed E-state index contributed by atoms with van der Waals surface area (Å²) in [6.45, 7) is 5.63. The minimum absolute atomic E-state index is 0.104. The number of carbonyl (C=O) groups excluding carboxylic acids is 2. The Labute approximate surface area is 295 Å². The second kappa shape index (κ2) is 14.2.